The fourth-order valence-corrected chi connectivity index (χ4v) is 8.00. The highest BCUT2D eigenvalue weighted by Crippen LogP contribution is 2.46. The number of rotatable bonds is 4. The molecule has 0 unspecified atom stereocenters. The van der Waals surface area contributed by atoms with E-state index >= 15 is 0 Å². The van der Waals surface area contributed by atoms with Crippen LogP contribution in [0.2, 0.25) is 0 Å². The number of furan rings is 1. The van der Waals surface area contributed by atoms with E-state index in [2.05, 4.69) is 115 Å². The van der Waals surface area contributed by atoms with Gasteiger partial charge in [-0.15, -0.1) is 11.3 Å². The normalized spacial score (nSPS) is 11.8. The summed E-state index contributed by atoms with van der Waals surface area (Å²) in [5, 5.41) is 6.99. The van der Waals surface area contributed by atoms with E-state index in [0.29, 0.717) is 17.5 Å². The number of benzene rings is 7. The lowest BCUT2D eigenvalue weighted by atomic mass is 9.98. The van der Waals surface area contributed by atoms with Gasteiger partial charge in [0.1, 0.15) is 11.2 Å². The number of hydrogen-bond donors (Lipinski definition) is 0. The van der Waals surface area contributed by atoms with Gasteiger partial charge in [0.25, 0.3) is 0 Å². The second-order valence-electron chi connectivity index (χ2n) is 12.0. The Balaban J connectivity index is 1.14. The van der Waals surface area contributed by atoms with Gasteiger partial charge in [0.2, 0.25) is 0 Å². The molecular formula is C43H25N3OS. The maximum atomic E-state index is 6.50. The van der Waals surface area contributed by atoms with Crippen molar-refractivity contribution in [3.8, 4) is 45.3 Å². The number of para-hydroxylation sites is 1. The quantitative estimate of drug-likeness (QED) is 0.194. The third-order valence-electron chi connectivity index (χ3n) is 9.12. The summed E-state index contributed by atoms with van der Waals surface area (Å²) in [5.74, 6) is 1.94. The molecule has 0 spiro atoms. The molecule has 0 atom stereocenters. The second kappa shape index (κ2) is 10.7. The molecule has 48 heavy (non-hydrogen) atoms. The van der Waals surface area contributed by atoms with Crippen LogP contribution < -0.4 is 0 Å². The molecule has 0 saturated heterocycles. The van der Waals surface area contributed by atoms with Gasteiger partial charge in [-0.2, -0.15) is 0 Å². The van der Waals surface area contributed by atoms with Crippen molar-refractivity contribution in [3.05, 3.63) is 152 Å². The third kappa shape index (κ3) is 4.33. The Kier molecular flexibility index (Phi) is 6.01. The molecule has 0 radical (unpaired) electrons. The molecule has 0 aliphatic heterocycles. The van der Waals surface area contributed by atoms with E-state index in [1.807, 2.05) is 47.7 Å². The molecule has 3 aromatic heterocycles. The van der Waals surface area contributed by atoms with Gasteiger partial charge < -0.3 is 4.42 Å². The summed E-state index contributed by atoms with van der Waals surface area (Å²) in [6, 6.07) is 52.6. The maximum absolute atomic E-state index is 6.50. The Morgan fingerprint density at radius 2 is 1.04 bits per heavy atom. The third-order valence-corrected chi connectivity index (χ3v) is 10.3. The van der Waals surface area contributed by atoms with E-state index in [1.54, 1.807) is 0 Å². The Hall–Kier alpha value is -6.17. The molecule has 10 aromatic rings. The molecule has 0 N–H and O–H groups in total. The summed E-state index contributed by atoms with van der Waals surface area (Å²) in [4.78, 5) is 14.9. The Morgan fingerprint density at radius 1 is 0.438 bits per heavy atom. The second-order valence-corrected chi connectivity index (χ2v) is 13.1. The van der Waals surface area contributed by atoms with Gasteiger partial charge in [-0.05, 0) is 40.6 Å². The predicted molar refractivity (Wildman–Crippen MR) is 199 cm³/mol. The number of thiophene rings is 1. The van der Waals surface area contributed by atoms with Crippen molar-refractivity contribution >= 4 is 64.2 Å². The molecule has 0 aliphatic carbocycles. The van der Waals surface area contributed by atoms with Crippen molar-refractivity contribution in [1.29, 1.82) is 0 Å². The molecule has 10 rings (SSSR count). The molecule has 3 heterocycles. The molecule has 5 heteroatoms. The molecule has 224 valence electrons. The molecular weight excluding hydrogens is 607 g/mol. The van der Waals surface area contributed by atoms with Gasteiger partial charge in [-0.25, -0.2) is 15.0 Å². The van der Waals surface area contributed by atoms with Crippen LogP contribution in [0.25, 0.3) is 98.2 Å². The summed E-state index contributed by atoms with van der Waals surface area (Å²) in [5.41, 5.74) is 7.02. The number of aromatic nitrogens is 3. The van der Waals surface area contributed by atoms with Crippen LogP contribution in [0, 0.1) is 0 Å². The first-order valence-electron chi connectivity index (χ1n) is 15.9. The van der Waals surface area contributed by atoms with Gasteiger partial charge in [0.05, 0.1) is 0 Å². The molecule has 7 aromatic carbocycles. The maximum Gasteiger partial charge on any atom is 0.164 e. The zero-order valence-electron chi connectivity index (χ0n) is 25.6. The van der Waals surface area contributed by atoms with Gasteiger partial charge >= 0.3 is 0 Å². The van der Waals surface area contributed by atoms with Crippen LogP contribution in [0.4, 0.5) is 0 Å². The average molecular weight is 632 g/mol. The Labute approximate surface area is 279 Å². The van der Waals surface area contributed by atoms with E-state index in [1.165, 1.54) is 31.1 Å². The van der Waals surface area contributed by atoms with Crippen LogP contribution in [0.5, 0.6) is 0 Å². The van der Waals surface area contributed by atoms with Crippen molar-refractivity contribution in [1.82, 2.24) is 15.0 Å². The van der Waals surface area contributed by atoms with Crippen LogP contribution in [0.15, 0.2) is 156 Å². The van der Waals surface area contributed by atoms with Crippen molar-refractivity contribution in [3.63, 3.8) is 0 Å². The summed E-state index contributed by atoms with van der Waals surface area (Å²) >= 11 is 1.82. The van der Waals surface area contributed by atoms with Crippen molar-refractivity contribution < 1.29 is 4.42 Å². The number of hydrogen-bond acceptors (Lipinski definition) is 5. The van der Waals surface area contributed by atoms with E-state index in [-0.39, 0.29) is 0 Å². The van der Waals surface area contributed by atoms with Gasteiger partial charge in [-0.1, -0.05) is 127 Å². The Morgan fingerprint density at radius 3 is 1.85 bits per heavy atom. The highest BCUT2D eigenvalue weighted by Gasteiger charge is 2.19. The molecule has 0 amide bonds. The lowest BCUT2D eigenvalue weighted by molar-refractivity contribution is 0.673. The first kappa shape index (κ1) is 27.0. The minimum atomic E-state index is 0.641. The summed E-state index contributed by atoms with van der Waals surface area (Å²) < 4.78 is 8.97. The van der Waals surface area contributed by atoms with E-state index < -0.39 is 0 Å². The topological polar surface area (TPSA) is 51.8 Å². The van der Waals surface area contributed by atoms with Gasteiger partial charge in [0, 0.05) is 53.2 Å². The molecule has 0 saturated carbocycles. The van der Waals surface area contributed by atoms with Crippen LogP contribution in [-0.4, -0.2) is 15.0 Å². The zero-order chi connectivity index (χ0) is 31.6. The smallest absolute Gasteiger partial charge is 0.164 e. The largest absolute Gasteiger partial charge is 0.455 e. The molecule has 0 bridgehead atoms. The van der Waals surface area contributed by atoms with Crippen molar-refractivity contribution in [2.75, 3.05) is 0 Å². The van der Waals surface area contributed by atoms with Crippen molar-refractivity contribution in [2.45, 2.75) is 0 Å². The van der Waals surface area contributed by atoms with Crippen LogP contribution in [0.3, 0.4) is 0 Å². The molecule has 0 aliphatic rings. The predicted octanol–water partition coefficient (Wildman–Crippen LogP) is 12.0. The molecule has 4 nitrogen and oxygen atoms in total. The van der Waals surface area contributed by atoms with E-state index in [0.717, 1.165) is 49.6 Å². The van der Waals surface area contributed by atoms with Crippen LogP contribution >= 0.6 is 11.3 Å². The Bertz CT molecular complexity index is 2830. The summed E-state index contributed by atoms with van der Waals surface area (Å²) in [7, 11) is 0. The minimum absolute atomic E-state index is 0.641. The zero-order valence-corrected chi connectivity index (χ0v) is 26.4. The number of nitrogens with zero attached hydrogens (tertiary/aromatic N) is 3. The van der Waals surface area contributed by atoms with E-state index in [9.17, 15) is 0 Å². The van der Waals surface area contributed by atoms with Gasteiger partial charge in [-0.3, -0.25) is 0 Å². The number of fused-ring (bicyclic) bond motifs is 8. The fourth-order valence-electron chi connectivity index (χ4n) is 6.76. The SMILES string of the molecule is c1ccc(-c2nc(-c3ccc(-c4cc5c6ccccc6oc5c5c4sc4ccccc45)cc3)nc(-c3ccc4ccccc4c3)n2)cc1. The lowest BCUT2D eigenvalue weighted by Gasteiger charge is -2.10. The summed E-state index contributed by atoms with van der Waals surface area (Å²) in [6.07, 6.45) is 0. The minimum Gasteiger partial charge on any atom is -0.455 e. The van der Waals surface area contributed by atoms with E-state index in [4.69, 9.17) is 19.4 Å². The molecule has 0 fully saturated rings. The highest BCUT2D eigenvalue weighted by molar-refractivity contribution is 7.26. The fraction of sp³-hybridized carbons (Fsp3) is 0. The standard InChI is InChI=1S/C43H25N3OS/c1-2-11-28(12-3-1)41-44-42(46-43(45-41)31-23-18-26-10-4-5-13-30(26)24-31)29-21-19-27(20-22-29)34-25-35-32-14-6-8-16-36(32)47-39(35)38-33-15-7-9-17-37(33)48-40(34)38/h1-25H. The average Bonchev–Trinajstić information content (AvgIpc) is 3.73. The first-order chi connectivity index (χ1) is 23.8. The monoisotopic (exact) mass is 631 g/mol. The van der Waals surface area contributed by atoms with Crippen LogP contribution in [0.1, 0.15) is 0 Å². The van der Waals surface area contributed by atoms with Gasteiger partial charge in [0.15, 0.2) is 17.5 Å². The van der Waals surface area contributed by atoms with Crippen LogP contribution in [-0.2, 0) is 0 Å². The highest BCUT2D eigenvalue weighted by atomic mass is 32.1. The first-order valence-corrected chi connectivity index (χ1v) is 16.8. The summed E-state index contributed by atoms with van der Waals surface area (Å²) in [6.45, 7) is 0. The lowest BCUT2D eigenvalue weighted by Crippen LogP contribution is -2.00. The van der Waals surface area contributed by atoms with Crippen molar-refractivity contribution in [2.24, 2.45) is 0 Å².